The number of rotatable bonds is 8. The van der Waals surface area contributed by atoms with Crippen LogP contribution in [0.5, 0.6) is 0 Å². The van der Waals surface area contributed by atoms with E-state index in [-0.39, 0.29) is 0 Å². The number of nitrogens with zero attached hydrogens (tertiary/aromatic N) is 3. The average molecular weight is 604 g/mol. The van der Waals surface area contributed by atoms with Crippen molar-refractivity contribution in [2.24, 2.45) is 0 Å². The van der Waals surface area contributed by atoms with Gasteiger partial charge < -0.3 is 0 Å². The Morgan fingerprint density at radius 1 is 0.553 bits per heavy atom. The molecule has 224 valence electrons. The third-order valence-corrected chi connectivity index (χ3v) is 8.19. The van der Waals surface area contributed by atoms with E-state index in [1.54, 1.807) is 0 Å². The monoisotopic (exact) mass is 603 g/mol. The van der Waals surface area contributed by atoms with Gasteiger partial charge in [0, 0.05) is 28.3 Å². The molecule has 0 amide bonds. The summed E-state index contributed by atoms with van der Waals surface area (Å²) in [4.78, 5) is 14.9. The first-order valence-electron chi connectivity index (χ1n) is 15.7. The Bertz CT molecular complexity index is 2230. The van der Waals surface area contributed by atoms with Crippen LogP contribution in [-0.2, 0) is 0 Å². The Morgan fingerprint density at radius 2 is 1.21 bits per heavy atom. The summed E-state index contributed by atoms with van der Waals surface area (Å²) in [5, 5.41) is 1.02. The van der Waals surface area contributed by atoms with Gasteiger partial charge in [-0.25, -0.2) is 9.97 Å². The first-order valence-corrected chi connectivity index (χ1v) is 15.7. The molecule has 0 spiro atoms. The second-order valence-electron chi connectivity index (χ2n) is 11.4. The largest absolute Gasteiger partial charge is 0.256 e. The third kappa shape index (κ3) is 6.47. The topological polar surface area (TPSA) is 38.7 Å². The van der Waals surface area contributed by atoms with Gasteiger partial charge in [0.1, 0.15) is 0 Å². The average Bonchev–Trinajstić information content (AvgIpc) is 3.15. The number of fused-ring (bicyclic) bond motifs is 1. The molecule has 0 saturated carbocycles. The van der Waals surface area contributed by atoms with Crippen molar-refractivity contribution in [1.29, 1.82) is 0 Å². The fourth-order valence-corrected chi connectivity index (χ4v) is 5.74. The molecule has 0 saturated heterocycles. The highest BCUT2D eigenvalue weighted by Crippen LogP contribution is 2.35. The summed E-state index contributed by atoms with van der Waals surface area (Å²) < 4.78 is 0. The van der Waals surface area contributed by atoms with E-state index in [1.807, 2.05) is 67.8 Å². The molecule has 3 heteroatoms. The first-order chi connectivity index (χ1) is 23.2. The van der Waals surface area contributed by atoms with Crippen molar-refractivity contribution in [3.8, 4) is 56.2 Å². The van der Waals surface area contributed by atoms with Gasteiger partial charge in [0.15, 0.2) is 5.82 Å². The summed E-state index contributed by atoms with van der Waals surface area (Å²) >= 11 is 0. The third-order valence-electron chi connectivity index (χ3n) is 8.19. The molecule has 0 aliphatic rings. The number of hydrogen-bond acceptors (Lipinski definition) is 3. The molecule has 5 aromatic carbocycles. The van der Waals surface area contributed by atoms with E-state index in [0.29, 0.717) is 5.82 Å². The minimum Gasteiger partial charge on any atom is -0.256 e. The smallest absolute Gasteiger partial charge is 0.160 e. The molecular formula is C44H33N3. The van der Waals surface area contributed by atoms with Crippen LogP contribution in [0.2, 0.25) is 0 Å². The Kier molecular flexibility index (Phi) is 8.44. The zero-order chi connectivity index (χ0) is 32.0. The van der Waals surface area contributed by atoms with Crippen LogP contribution in [0.15, 0.2) is 177 Å². The van der Waals surface area contributed by atoms with Crippen LogP contribution in [0.3, 0.4) is 0 Å². The standard InChI is InChI=1S/C44H33N3/c1-3-4-7-14-31(2)37-27-38(33-20-22-34(23-21-33)41-19-12-13-26-45-41)29-39(28-37)44-46-42-25-24-36(32-15-8-5-9-16-32)30-40(42)43(47-44)35-17-10-6-11-18-35/h3-30H,2H2,1H3/b4-3-,14-7-. The van der Waals surface area contributed by atoms with Gasteiger partial charge in [-0.15, -0.1) is 0 Å². The van der Waals surface area contributed by atoms with Crippen molar-refractivity contribution < 1.29 is 0 Å². The van der Waals surface area contributed by atoms with Gasteiger partial charge in [-0.05, 0) is 82.8 Å². The number of allylic oxidation sites excluding steroid dienone is 5. The molecule has 0 aliphatic carbocycles. The van der Waals surface area contributed by atoms with Gasteiger partial charge in [0.2, 0.25) is 0 Å². The summed E-state index contributed by atoms with van der Waals surface area (Å²) in [6.07, 6.45) is 9.89. The van der Waals surface area contributed by atoms with Crippen LogP contribution in [-0.4, -0.2) is 15.0 Å². The second kappa shape index (κ2) is 13.4. The van der Waals surface area contributed by atoms with Crippen LogP contribution in [0.1, 0.15) is 12.5 Å². The zero-order valence-electron chi connectivity index (χ0n) is 26.2. The van der Waals surface area contributed by atoms with Crippen molar-refractivity contribution >= 4 is 16.5 Å². The molecule has 0 aliphatic heterocycles. The maximum absolute atomic E-state index is 5.26. The molecule has 47 heavy (non-hydrogen) atoms. The van der Waals surface area contributed by atoms with Crippen LogP contribution in [0, 0.1) is 0 Å². The lowest BCUT2D eigenvalue weighted by Crippen LogP contribution is -1.97. The molecule has 3 nitrogen and oxygen atoms in total. The summed E-state index contributed by atoms with van der Waals surface area (Å²) in [6.45, 7) is 6.41. The minimum absolute atomic E-state index is 0.669. The van der Waals surface area contributed by atoms with E-state index in [9.17, 15) is 0 Å². The zero-order valence-corrected chi connectivity index (χ0v) is 26.2. The molecule has 2 heterocycles. The van der Waals surface area contributed by atoms with Crippen molar-refractivity contribution in [3.63, 3.8) is 0 Å². The molecule has 0 atom stereocenters. The predicted molar refractivity (Wildman–Crippen MR) is 198 cm³/mol. The molecule has 2 aromatic heterocycles. The number of benzene rings is 5. The lowest BCUT2D eigenvalue weighted by Gasteiger charge is -2.14. The molecule has 0 radical (unpaired) electrons. The maximum Gasteiger partial charge on any atom is 0.160 e. The van der Waals surface area contributed by atoms with Crippen molar-refractivity contribution in [2.75, 3.05) is 0 Å². The van der Waals surface area contributed by atoms with Gasteiger partial charge >= 0.3 is 0 Å². The number of pyridine rings is 1. The first kappa shape index (κ1) is 29.5. The summed E-state index contributed by atoms with van der Waals surface area (Å²) in [5.41, 5.74) is 12.2. The highest BCUT2D eigenvalue weighted by Gasteiger charge is 2.15. The quantitative estimate of drug-likeness (QED) is 0.162. The van der Waals surface area contributed by atoms with Crippen LogP contribution < -0.4 is 0 Å². The Balaban J connectivity index is 1.39. The van der Waals surface area contributed by atoms with E-state index in [2.05, 4.69) is 121 Å². The molecule has 0 bridgehead atoms. The van der Waals surface area contributed by atoms with Crippen LogP contribution in [0.25, 0.3) is 72.6 Å². The summed E-state index contributed by atoms with van der Waals surface area (Å²) in [6, 6.07) is 48.3. The van der Waals surface area contributed by atoms with E-state index < -0.39 is 0 Å². The maximum atomic E-state index is 5.26. The summed E-state index contributed by atoms with van der Waals surface area (Å²) in [5.74, 6) is 0.669. The van der Waals surface area contributed by atoms with Gasteiger partial charge in [-0.1, -0.05) is 128 Å². The highest BCUT2D eigenvalue weighted by atomic mass is 14.9. The molecule has 0 fully saturated rings. The van der Waals surface area contributed by atoms with E-state index in [1.165, 1.54) is 0 Å². The van der Waals surface area contributed by atoms with Crippen LogP contribution in [0.4, 0.5) is 0 Å². The van der Waals surface area contributed by atoms with Crippen molar-refractivity contribution in [2.45, 2.75) is 6.92 Å². The number of hydrogen-bond donors (Lipinski definition) is 0. The van der Waals surface area contributed by atoms with E-state index in [0.717, 1.165) is 72.4 Å². The van der Waals surface area contributed by atoms with Crippen molar-refractivity contribution in [3.05, 3.63) is 182 Å². The number of aromatic nitrogens is 3. The lowest BCUT2D eigenvalue weighted by atomic mass is 9.95. The molecule has 7 rings (SSSR count). The normalized spacial score (nSPS) is 11.4. The van der Waals surface area contributed by atoms with Gasteiger partial charge in [0.05, 0.1) is 16.9 Å². The Morgan fingerprint density at radius 3 is 1.94 bits per heavy atom. The molecular weight excluding hydrogens is 571 g/mol. The Hall–Kier alpha value is -6.19. The molecule has 7 aromatic rings. The molecule has 0 unspecified atom stereocenters. The van der Waals surface area contributed by atoms with Gasteiger partial charge in [0.25, 0.3) is 0 Å². The minimum atomic E-state index is 0.669. The predicted octanol–water partition coefficient (Wildman–Crippen LogP) is 11.5. The SMILES string of the molecule is C=C(/C=C\C=C/C)c1cc(-c2ccc(-c3ccccn3)cc2)cc(-c2nc(-c3ccccc3)c3cc(-c4ccccc4)ccc3n2)c1. The molecule has 0 N–H and O–H groups in total. The van der Waals surface area contributed by atoms with Gasteiger partial charge in [-0.2, -0.15) is 0 Å². The fraction of sp³-hybridized carbons (Fsp3) is 0.0227. The van der Waals surface area contributed by atoms with E-state index >= 15 is 0 Å². The highest BCUT2D eigenvalue weighted by molar-refractivity contribution is 5.96. The van der Waals surface area contributed by atoms with Crippen LogP contribution >= 0.6 is 0 Å². The van der Waals surface area contributed by atoms with E-state index in [4.69, 9.17) is 9.97 Å². The van der Waals surface area contributed by atoms with Gasteiger partial charge in [-0.3, -0.25) is 4.98 Å². The second-order valence-corrected chi connectivity index (χ2v) is 11.4. The fourth-order valence-electron chi connectivity index (χ4n) is 5.74. The lowest BCUT2D eigenvalue weighted by molar-refractivity contribution is 1.23. The van der Waals surface area contributed by atoms with Crippen molar-refractivity contribution in [1.82, 2.24) is 15.0 Å². The Labute approximate surface area is 276 Å². The summed E-state index contributed by atoms with van der Waals surface area (Å²) in [7, 11) is 0.